The van der Waals surface area contributed by atoms with Gasteiger partial charge in [0.1, 0.15) is 24.5 Å². The van der Waals surface area contributed by atoms with Crippen molar-refractivity contribution in [1.29, 1.82) is 0 Å². The van der Waals surface area contributed by atoms with E-state index in [9.17, 15) is 24.3 Å². The highest BCUT2D eigenvalue weighted by Crippen LogP contribution is 2.43. The summed E-state index contributed by atoms with van der Waals surface area (Å²) in [4.78, 5) is 71.2. The van der Waals surface area contributed by atoms with Crippen LogP contribution in [0.2, 0.25) is 0 Å². The van der Waals surface area contributed by atoms with Crippen molar-refractivity contribution in [3.8, 4) is 21.7 Å². The van der Waals surface area contributed by atoms with Crippen LogP contribution >= 0.6 is 22.7 Å². The molecule has 0 saturated carbocycles. The molecule has 4 atom stereocenters. The molecule has 6 heterocycles. The van der Waals surface area contributed by atoms with Crippen LogP contribution < -0.4 is 10.6 Å². The number of thiophene rings is 2. The van der Waals surface area contributed by atoms with Crippen LogP contribution in [0.15, 0.2) is 114 Å². The molecular formula is C47H45N7O5S2. The van der Waals surface area contributed by atoms with Gasteiger partial charge in [-0.3, -0.25) is 24.2 Å². The van der Waals surface area contributed by atoms with Crippen LogP contribution in [0.1, 0.15) is 79.0 Å². The van der Waals surface area contributed by atoms with E-state index < -0.39 is 24.6 Å². The number of fused-ring (bicyclic) bond motifs is 1. The maximum Gasteiger partial charge on any atom is 0.250 e. The summed E-state index contributed by atoms with van der Waals surface area (Å²) in [6.45, 7) is 1.92. The number of likely N-dealkylation sites (tertiary alicyclic amines) is 2. The van der Waals surface area contributed by atoms with Crippen LogP contribution in [0, 0.1) is 0 Å². The number of carbonyl (C=O) groups excluding carboxylic acids is 4. The highest BCUT2D eigenvalue weighted by atomic mass is 32.1. The maximum atomic E-state index is 13.9. The van der Waals surface area contributed by atoms with Crippen LogP contribution in [-0.2, 0) is 19.2 Å². The van der Waals surface area contributed by atoms with Crippen LogP contribution in [0.25, 0.3) is 36.7 Å². The molecule has 310 valence electrons. The summed E-state index contributed by atoms with van der Waals surface area (Å²) in [5, 5.41) is 15.0. The Morgan fingerprint density at radius 1 is 0.770 bits per heavy atom. The number of imidazole rings is 1. The van der Waals surface area contributed by atoms with E-state index >= 15 is 0 Å². The van der Waals surface area contributed by atoms with E-state index in [1.165, 1.54) is 26.1 Å². The lowest BCUT2D eigenvalue weighted by atomic mass is 10.0. The summed E-state index contributed by atoms with van der Waals surface area (Å²) < 4.78 is 2.43. The topological polar surface area (TPSA) is 160 Å². The Morgan fingerprint density at radius 2 is 1.34 bits per heavy atom. The number of benzene rings is 3. The molecule has 0 spiro atoms. The predicted molar refractivity (Wildman–Crippen MR) is 239 cm³/mol. The summed E-state index contributed by atoms with van der Waals surface area (Å²) in [6, 6.07) is 29.4. The van der Waals surface area contributed by atoms with Gasteiger partial charge in [-0.05, 0) is 65.6 Å². The molecule has 2 saturated heterocycles. The van der Waals surface area contributed by atoms with Gasteiger partial charge in [0.25, 0.3) is 0 Å². The number of allylic oxidation sites excluding steroid dienone is 1. The molecular weight excluding hydrogens is 807 g/mol. The highest BCUT2D eigenvalue weighted by molar-refractivity contribution is 7.30. The zero-order valence-electron chi connectivity index (χ0n) is 33.5. The summed E-state index contributed by atoms with van der Waals surface area (Å²) in [7, 11) is 0. The van der Waals surface area contributed by atoms with E-state index in [2.05, 4.69) is 52.0 Å². The molecule has 2 unspecified atom stereocenters. The first-order valence-electron chi connectivity index (χ1n) is 20.6. The molecule has 3 aromatic carbocycles. The lowest BCUT2D eigenvalue weighted by molar-refractivity contribution is -0.138. The average Bonchev–Trinajstić information content (AvgIpc) is 4.14. The van der Waals surface area contributed by atoms with E-state index in [-0.39, 0.29) is 29.8 Å². The van der Waals surface area contributed by atoms with Crippen molar-refractivity contribution >= 4 is 67.0 Å². The number of hydrogen-bond donors (Lipinski definition) is 4. The molecule has 3 aromatic heterocycles. The fourth-order valence-corrected chi connectivity index (χ4v) is 11.1. The molecule has 0 bridgehead atoms. The molecule has 2 fully saturated rings. The summed E-state index contributed by atoms with van der Waals surface area (Å²) in [5.74, 6) is -0.489. The third-order valence-electron chi connectivity index (χ3n) is 11.7. The molecule has 0 radical (unpaired) electrons. The van der Waals surface area contributed by atoms with E-state index in [1.807, 2.05) is 59.6 Å². The monoisotopic (exact) mass is 851 g/mol. The zero-order valence-corrected chi connectivity index (χ0v) is 35.2. The number of carbonyl (C=O) groups is 4. The molecule has 3 aliphatic rings. The first-order valence-corrected chi connectivity index (χ1v) is 22.2. The van der Waals surface area contributed by atoms with Crippen molar-refractivity contribution < 1.29 is 24.3 Å². The number of aliphatic hydroxyl groups is 1. The summed E-state index contributed by atoms with van der Waals surface area (Å²) in [5.41, 5.74) is 6.53. The minimum Gasteiger partial charge on any atom is -0.387 e. The Bertz CT molecular complexity index is 2620. The van der Waals surface area contributed by atoms with Crippen molar-refractivity contribution in [3.63, 3.8) is 0 Å². The molecule has 12 nitrogen and oxygen atoms in total. The van der Waals surface area contributed by atoms with Crippen molar-refractivity contribution in [2.24, 2.45) is 4.99 Å². The van der Waals surface area contributed by atoms with Gasteiger partial charge in [0.15, 0.2) is 0 Å². The number of amides is 4. The minimum absolute atomic E-state index is 0.0991. The Kier molecular flexibility index (Phi) is 11.5. The fourth-order valence-electron chi connectivity index (χ4n) is 8.70. The van der Waals surface area contributed by atoms with Crippen molar-refractivity contribution in [2.45, 2.75) is 63.2 Å². The van der Waals surface area contributed by atoms with E-state index in [0.717, 1.165) is 59.4 Å². The second-order valence-corrected chi connectivity index (χ2v) is 17.8. The van der Waals surface area contributed by atoms with E-state index in [1.54, 1.807) is 45.9 Å². The van der Waals surface area contributed by atoms with Gasteiger partial charge >= 0.3 is 0 Å². The average molecular weight is 852 g/mol. The molecule has 14 heteroatoms. The molecule has 61 heavy (non-hydrogen) atoms. The van der Waals surface area contributed by atoms with Gasteiger partial charge in [-0.25, -0.2) is 4.98 Å². The zero-order chi connectivity index (χ0) is 42.0. The molecule has 4 N–H and O–H groups in total. The number of hydrogen-bond acceptors (Lipinski definition) is 9. The van der Waals surface area contributed by atoms with Crippen molar-refractivity contribution in [2.75, 3.05) is 19.7 Å². The second-order valence-electron chi connectivity index (χ2n) is 15.7. The smallest absolute Gasteiger partial charge is 0.250 e. The standard InChI is InChI=1S/C47H45N7O5S2/c1-28(56)50-43(31-10-4-2-5-11-31)46(58)53-20-8-14-36(53)34-22-33(25-48-34)39-24-41-40(61-39)23-38(60-41)30-18-16-29(17-19-30)35-26-49-45(51-35)37-15-9-21-54(37)47(59)44(52-42(57)27-55)32-12-6-3-7-13-32/h2-7,10-13,16-19,23-26,36-37,43-44,55H,8-9,14-15,20-22,27H2,1H3,(H,49,51)(H,50,56)(H,52,57)/t36?,37?,43-,44-/m1/s1. The second kappa shape index (κ2) is 17.4. The Hall–Kier alpha value is -6.22. The Labute approximate surface area is 361 Å². The number of aromatic nitrogens is 2. The normalized spacial score (nSPS) is 18.5. The number of aromatic amines is 1. The van der Waals surface area contributed by atoms with Gasteiger partial charge in [-0.1, -0.05) is 84.9 Å². The summed E-state index contributed by atoms with van der Waals surface area (Å²) in [6.07, 6.45) is 7.74. The first kappa shape index (κ1) is 40.2. The number of rotatable bonds is 12. The first-order chi connectivity index (χ1) is 29.7. The number of aliphatic imine (C=N–C) groups is 1. The van der Waals surface area contributed by atoms with Crippen molar-refractivity contribution in [1.82, 2.24) is 30.4 Å². The third-order valence-corrected chi connectivity index (χ3v) is 14.1. The number of nitrogens with one attached hydrogen (secondary N) is 3. The van der Waals surface area contributed by atoms with Crippen LogP contribution in [0.4, 0.5) is 0 Å². The molecule has 0 aliphatic carbocycles. The minimum atomic E-state index is -0.909. The molecule has 4 amide bonds. The molecule has 3 aliphatic heterocycles. The van der Waals surface area contributed by atoms with Crippen molar-refractivity contribution in [3.05, 3.63) is 131 Å². The lowest BCUT2D eigenvalue weighted by Gasteiger charge is -2.29. The van der Waals surface area contributed by atoms with E-state index in [4.69, 9.17) is 9.98 Å². The molecule has 6 aromatic rings. The van der Waals surface area contributed by atoms with Crippen LogP contribution in [0.5, 0.6) is 0 Å². The van der Waals surface area contributed by atoms with Gasteiger partial charge in [0.05, 0.1) is 24.0 Å². The van der Waals surface area contributed by atoms with E-state index in [0.29, 0.717) is 30.9 Å². The quantitative estimate of drug-likeness (QED) is 0.0994. The number of nitrogens with zero attached hydrogens (tertiary/aromatic N) is 4. The number of aliphatic hydroxyl groups excluding tert-OH is 1. The fraction of sp³-hybridized carbons (Fsp3) is 0.277. The predicted octanol–water partition coefficient (Wildman–Crippen LogP) is 7.59. The van der Waals surface area contributed by atoms with Gasteiger partial charge in [-0.2, -0.15) is 0 Å². The largest absolute Gasteiger partial charge is 0.387 e. The highest BCUT2D eigenvalue weighted by Gasteiger charge is 2.39. The lowest BCUT2D eigenvalue weighted by Crippen LogP contribution is -2.46. The SMILES string of the molecule is CC(=O)N[C@@H](C(=O)N1CCCC1C1=NC=C(c2cc3sc(-c4ccc(-c5cnc(C6CCCN6C(=O)[C@H](NC(=O)CO)c6ccccc6)[nH]5)cc4)cc3s2)C1)c1ccccc1. The van der Waals surface area contributed by atoms with Gasteiger partial charge < -0.3 is 30.5 Å². The number of H-pyrrole nitrogens is 1. The maximum absolute atomic E-state index is 13.9. The van der Waals surface area contributed by atoms with Gasteiger partial charge in [0.2, 0.25) is 23.6 Å². The van der Waals surface area contributed by atoms with Gasteiger partial charge in [-0.15, -0.1) is 22.7 Å². The van der Waals surface area contributed by atoms with Crippen LogP contribution in [0.3, 0.4) is 0 Å². The Balaban J connectivity index is 0.845. The van der Waals surface area contributed by atoms with Crippen LogP contribution in [-0.4, -0.2) is 80.0 Å². The third kappa shape index (κ3) is 8.30. The summed E-state index contributed by atoms with van der Waals surface area (Å²) >= 11 is 3.52. The Morgan fingerprint density at radius 3 is 1.98 bits per heavy atom. The van der Waals surface area contributed by atoms with Gasteiger partial charge in [0, 0.05) is 57.5 Å². The molecule has 9 rings (SSSR count).